The van der Waals surface area contributed by atoms with Crippen LogP contribution in [-0.2, 0) is 0 Å². The van der Waals surface area contributed by atoms with E-state index in [0.717, 1.165) is 28.3 Å². The summed E-state index contributed by atoms with van der Waals surface area (Å²) in [5, 5.41) is 2.43. The molecule has 0 amide bonds. The molecule has 0 fully saturated rings. The molecule has 10 rings (SSSR count). The van der Waals surface area contributed by atoms with Crippen LogP contribution in [0, 0.1) is 0 Å². The number of nitrogens with zero attached hydrogens (tertiary/aromatic N) is 2. The van der Waals surface area contributed by atoms with Crippen molar-refractivity contribution in [2.75, 3.05) is 4.90 Å². The molecule has 0 aliphatic heterocycles. The average Bonchev–Trinajstić information content (AvgIpc) is 3.63. The Kier molecular flexibility index (Phi) is 8.55. The number of anilines is 3. The SMILES string of the molecule is c1ccc(-c2ccc(N(c3ccc(-c4ccccc4)cc3)c3ccc4c(c3)c3c(-c5ccccc5)ccc(-c5ccccc5)c3n4-c3ccccc3)cc2)cc1. The summed E-state index contributed by atoms with van der Waals surface area (Å²) < 4.78 is 2.46. The molecule has 0 N–H and O–H groups in total. The van der Waals surface area contributed by atoms with Crippen molar-refractivity contribution in [2.24, 2.45) is 0 Å². The number of para-hydroxylation sites is 1. The van der Waals surface area contributed by atoms with Crippen molar-refractivity contribution in [1.82, 2.24) is 4.57 Å². The Balaban J connectivity index is 1.24. The summed E-state index contributed by atoms with van der Waals surface area (Å²) in [7, 11) is 0. The molecule has 0 saturated carbocycles. The number of benzene rings is 9. The van der Waals surface area contributed by atoms with Crippen molar-refractivity contribution in [3.8, 4) is 50.2 Å². The zero-order chi connectivity index (χ0) is 37.3. The molecule has 56 heavy (non-hydrogen) atoms. The Hall–Kier alpha value is -7.42. The van der Waals surface area contributed by atoms with E-state index in [9.17, 15) is 0 Å². The highest BCUT2D eigenvalue weighted by molar-refractivity contribution is 6.20. The molecule has 1 heterocycles. The monoisotopic (exact) mass is 714 g/mol. The van der Waals surface area contributed by atoms with Crippen LogP contribution in [0.3, 0.4) is 0 Å². The summed E-state index contributed by atoms with van der Waals surface area (Å²) in [6.45, 7) is 0. The largest absolute Gasteiger partial charge is 0.310 e. The van der Waals surface area contributed by atoms with E-state index in [-0.39, 0.29) is 0 Å². The first-order chi connectivity index (χ1) is 27.8. The van der Waals surface area contributed by atoms with Crippen LogP contribution in [0.5, 0.6) is 0 Å². The van der Waals surface area contributed by atoms with Gasteiger partial charge in [-0.1, -0.05) is 176 Å². The molecule has 1 aromatic heterocycles. The molecule has 0 aliphatic carbocycles. The molecule has 0 unspecified atom stereocenters. The first-order valence-electron chi connectivity index (χ1n) is 19.2. The van der Waals surface area contributed by atoms with Crippen LogP contribution >= 0.6 is 0 Å². The number of fused-ring (bicyclic) bond motifs is 3. The summed E-state index contributed by atoms with van der Waals surface area (Å²) in [5.74, 6) is 0. The fourth-order valence-corrected chi connectivity index (χ4v) is 8.14. The molecule has 0 radical (unpaired) electrons. The third kappa shape index (κ3) is 6.04. The van der Waals surface area contributed by atoms with Gasteiger partial charge in [-0.25, -0.2) is 0 Å². The van der Waals surface area contributed by atoms with Crippen LogP contribution < -0.4 is 4.90 Å². The lowest BCUT2D eigenvalue weighted by atomic mass is 9.94. The fraction of sp³-hybridized carbons (Fsp3) is 0. The Morgan fingerprint density at radius 2 is 0.696 bits per heavy atom. The molecule has 0 bridgehead atoms. The third-order valence-electron chi connectivity index (χ3n) is 10.8. The van der Waals surface area contributed by atoms with E-state index in [1.54, 1.807) is 0 Å². The van der Waals surface area contributed by atoms with Gasteiger partial charge in [0.25, 0.3) is 0 Å². The molecule has 0 saturated heterocycles. The predicted molar refractivity (Wildman–Crippen MR) is 237 cm³/mol. The molecule has 2 heteroatoms. The molecule has 264 valence electrons. The van der Waals surface area contributed by atoms with Gasteiger partial charge in [0, 0.05) is 39.1 Å². The van der Waals surface area contributed by atoms with Crippen LogP contribution in [0.2, 0.25) is 0 Å². The minimum Gasteiger partial charge on any atom is -0.310 e. The smallest absolute Gasteiger partial charge is 0.0625 e. The van der Waals surface area contributed by atoms with E-state index in [1.165, 1.54) is 60.8 Å². The number of hydrogen-bond acceptors (Lipinski definition) is 1. The molecule has 0 aliphatic rings. The summed E-state index contributed by atoms with van der Waals surface area (Å²) in [4.78, 5) is 2.39. The van der Waals surface area contributed by atoms with Gasteiger partial charge < -0.3 is 9.47 Å². The summed E-state index contributed by atoms with van der Waals surface area (Å²) in [5.41, 5.74) is 16.4. The highest BCUT2D eigenvalue weighted by Crippen LogP contribution is 2.46. The Morgan fingerprint density at radius 3 is 1.20 bits per heavy atom. The van der Waals surface area contributed by atoms with Crippen molar-refractivity contribution >= 4 is 38.9 Å². The molecule has 9 aromatic carbocycles. The van der Waals surface area contributed by atoms with Gasteiger partial charge in [-0.2, -0.15) is 0 Å². The Morgan fingerprint density at radius 1 is 0.304 bits per heavy atom. The summed E-state index contributed by atoms with van der Waals surface area (Å²) >= 11 is 0. The minimum atomic E-state index is 1.09. The molecular weight excluding hydrogens is 677 g/mol. The van der Waals surface area contributed by atoms with Crippen LogP contribution in [0.25, 0.3) is 72.0 Å². The van der Waals surface area contributed by atoms with Gasteiger partial charge in [0.1, 0.15) is 0 Å². The van der Waals surface area contributed by atoms with Gasteiger partial charge in [-0.05, 0) is 93.5 Å². The van der Waals surface area contributed by atoms with E-state index in [0.29, 0.717) is 0 Å². The molecule has 0 spiro atoms. The number of rotatable bonds is 8. The van der Waals surface area contributed by atoms with E-state index >= 15 is 0 Å². The van der Waals surface area contributed by atoms with Crippen molar-refractivity contribution in [2.45, 2.75) is 0 Å². The van der Waals surface area contributed by atoms with Gasteiger partial charge in [0.15, 0.2) is 0 Å². The quantitative estimate of drug-likeness (QED) is 0.152. The standard InChI is InChI=1S/C54H38N2/c1-6-16-39(17-7-1)41-26-30-46(31-27-41)55(47-32-28-42(29-33-47)40-18-8-2-9-19-40)48-34-37-52-51(38-48)53-49(43-20-10-3-11-21-43)35-36-50(44-22-12-4-13-23-44)54(53)56(52)45-24-14-5-15-25-45/h1-38H. The first kappa shape index (κ1) is 33.2. The molecular formula is C54H38N2. The summed E-state index contributed by atoms with van der Waals surface area (Å²) in [6.07, 6.45) is 0. The summed E-state index contributed by atoms with van der Waals surface area (Å²) in [6, 6.07) is 83.0. The zero-order valence-corrected chi connectivity index (χ0v) is 30.8. The maximum atomic E-state index is 2.46. The van der Waals surface area contributed by atoms with Crippen LogP contribution in [0.15, 0.2) is 231 Å². The second kappa shape index (κ2) is 14.4. The second-order valence-electron chi connectivity index (χ2n) is 14.1. The zero-order valence-electron chi connectivity index (χ0n) is 30.8. The highest BCUT2D eigenvalue weighted by atomic mass is 15.1. The van der Waals surface area contributed by atoms with Crippen molar-refractivity contribution < 1.29 is 0 Å². The number of aromatic nitrogens is 1. The van der Waals surface area contributed by atoms with Gasteiger partial charge in [0.2, 0.25) is 0 Å². The molecule has 0 atom stereocenters. The normalized spacial score (nSPS) is 11.2. The predicted octanol–water partition coefficient (Wildman–Crippen LogP) is 14.9. The minimum absolute atomic E-state index is 1.09. The van der Waals surface area contributed by atoms with Gasteiger partial charge in [-0.15, -0.1) is 0 Å². The Bertz CT molecular complexity index is 2820. The van der Waals surface area contributed by atoms with E-state index < -0.39 is 0 Å². The topological polar surface area (TPSA) is 8.17 Å². The van der Waals surface area contributed by atoms with Gasteiger partial charge in [0.05, 0.1) is 11.0 Å². The lowest BCUT2D eigenvalue weighted by molar-refractivity contribution is 1.18. The fourth-order valence-electron chi connectivity index (χ4n) is 8.14. The van der Waals surface area contributed by atoms with Gasteiger partial charge in [-0.3, -0.25) is 0 Å². The maximum Gasteiger partial charge on any atom is 0.0625 e. The van der Waals surface area contributed by atoms with Crippen LogP contribution in [0.4, 0.5) is 17.1 Å². The van der Waals surface area contributed by atoms with Crippen molar-refractivity contribution in [3.05, 3.63) is 231 Å². The molecule has 10 aromatic rings. The van der Waals surface area contributed by atoms with E-state index in [1.807, 2.05) is 0 Å². The van der Waals surface area contributed by atoms with Crippen LogP contribution in [-0.4, -0.2) is 4.57 Å². The van der Waals surface area contributed by atoms with Crippen molar-refractivity contribution in [3.63, 3.8) is 0 Å². The maximum absolute atomic E-state index is 2.46. The van der Waals surface area contributed by atoms with Crippen LogP contribution in [0.1, 0.15) is 0 Å². The average molecular weight is 715 g/mol. The lowest BCUT2D eigenvalue weighted by Gasteiger charge is -2.26. The van der Waals surface area contributed by atoms with Gasteiger partial charge >= 0.3 is 0 Å². The van der Waals surface area contributed by atoms with Crippen molar-refractivity contribution in [1.29, 1.82) is 0 Å². The third-order valence-corrected chi connectivity index (χ3v) is 10.8. The van der Waals surface area contributed by atoms with E-state index in [2.05, 4.69) is 240 Å². The highest BCUT2D eigenvalue weighted by Gasteiger charge is 2.22. The Labute approximate surface area is 327 Å². The molecule has 2 nitrogen and oxygen atoms in total. The number of hydrogen-bond donors (Lipinski definition) is 0. The second-order valence-corrected chi connectivity index (χ2v) is 14.1. The van der Waals surface area contributed by atoms with E-state index in [4.69, 9.17) is 0 Å². The lowest BCUT2D eigenvalue weighted by Crippen LogP contribution is -2.10. The first-order valence-corrected chi connectivity index (χ1v) is 19.2.